The van der Waals surface area contributed by atoms with E-state index in [0.29, 0.717) is 12.5 Å². The number of hydrogen-bond acceptors (Lipinski definition) is 2. The van der Waals surface area contributed by atoms with E-state index in [-0.39, 0.29) is 5.91 Å². The van der Waals surface area contributed by atoms with E-state index in [0.717, 1.165) is 25.9 Å². The van der Waals surface area contributed by atoms with E-state index >= 15 is 0 Å². The molecule has 0 aromatic heterocycles. The van der Waals surface area contributed by atoms with Crippen molar-refractivity contribution in [3.8, 4) is 0 Å². The number of amides is 1. The Morgan fingerprint density at radius 2 is 2.00 bits per heavy atom. The highest BCUT2D eigenvalue weighted by molar-refractivity contribution is 5.75. The maximum absolute atomic E-state index is 11.0. The maximum Gasteiger partial charge on any atom is 0.219 e. The number of carbonyl (C=O) groups is 1. The van der Waals surface area contributed by atoms with Gasteiger partial charge in [0.15, 0.2) is 0 Å². The van der Waals surface area contributed by atoms with Crippen molar-refractivity contribution in [3.63, 3.8) is 0 Å². The molecule has 1 amide bonds. The Labute approximate surface area is 81.3 Å². The molecule has 0 aliphatic heterocycles. The molecule has 0 heterocycles. The van der Waals surface area contributed by atoms with Gasteiger partial charge in [-0.2, -0.15) is 0 Å². The van der Waals surface area contributed by atoms with Crippen LogP contribution in [0.5, 0.6) is 0 Å². The zero-order chi connectivity index (χ0) is 10.1. The Balaban J connectivity index is 3.11. The van der Waals surface area contributed by atoms with Crippen molar-refractivity contribution in [1.29, 1.82) is 0 Å². The van der Waals surface area contributed by atoms with Crippen molar-refractivity contribution >= 4 is 5.91 Å². The molecule has 3 nitrogen and oxygen atoms in total. The lowest BCUT2D eigenvalue weighted by Gasteiger charge is -2.08. The van der Waals surface area contributed by atoms with E-state index in [9.17, 15) is 4.79 Å². The van der Waals surface area contributed by atoms with E-state index in [1.54, 1.807) is 0 Å². The zero-order valence-electron chi connectivity index (χ0n) is 9.02. The third-order valence-electron chi connectivity index (χ3n) is 1.71. The Bertz CT molecular complexity index is 135. The van der Waals surface area contributed by atoms with E-state index in [1.807, 2.05) is 6.92 Å². The molecule has 0 aliphatic rings. The zero-order valence-corrected chi connectivity index (χ0v) is 9.02. The summed E-state index contributed by atoms with van der Waals surface area (Å²) in [5.41, 5.74) is 0. The van der Waals surface area contributed by atoms with Crippen LogP contribution in [0, 0.1) is 0 Å². The summed E-state index contributed by atoms with van der Waals surface area (Å²) in [4.78, 5) is 11.0. The summed E-state index contributed by atoms with van der Waals surface area (Å²) in [5.74, 6) is 0.173. The van der Waals surface area contributed by atoms with Crippen LogP contribution in [0.3, 0.4) is 0 Å². The summed E-state index contributed by atoms with van der Waals surface area (Å²) >= 11 is 0. The molecule has 0 bridgehead atoms. The van der Waals surface area contributed by atoms with Gasteiger partial charge in [0.05, 0.1) is 0 Å². The van der Waals surface area contributed by atoms with Gasteiger partial charge in [0.2, 0.25) is 5.91 Å². The first kappa shape index (κ1) is 12.4. The second-order valence-electron chi connectivity index (χ2n) is 3.56. The summed E-state index contributed by atoms with van der Waals surface area (Å²) in [7, 11) is 0. The lowest BCUT2D eigenvalue weighted by atomic mass is 10.3. The molecular formula is C10H22N2O. The summed E-state index contributed by atoms with van der Waals surface area (Å²) in [5, 5.41) is 6.18. The standard InChI is InChI=1S/C10H22N2O/c1-4-6-10(13)12-8-5-7-11-9(2)3/h9,11H,4-8H2,1-3H3,(H,12,13). The highest BCUT2D eigenvalue weighted by atomic mass is 16.1. The summed E-state index contributed by atoms with van der Waals surface area (Å²) < 4.78 is 0. The lowest BCUT2D eigenvalue weighted by molar-refractivity contribution is -0.121. The smallest absolute Gasteiger partial charge is 0.219 e. The van der Waals surface area contributed by atoms with Gasteiger partial charge in [-0.15, -0.1) is 0 Å². The van der Waals surface area contributed by atoms with Crippen LogP contribution in [-0.2, 0) is 4.79 Å². The van der Waals surface area contributed by atoms with Crippen LogP contribution in [0.4, 0.5) is 0 Å². The van der Waals surface area contributed by atoms with Gasteiger partial charge < -0.3 is 10.6 Å². The van der Waals surface area contributed by atoms with Gasteiger partial charge >= 0.3 is 0 Å². The molecule has 78 valence electrons. The van der Waals surface area contributed by atoms with Crippen molar-refractivity contribution in [3.05, 3.63) is 0 Å². The molecule has 0 unspecified atom stereocenters. The Morgan fingerprint density at radius 3 is 2.54 bits per heavy atom. The number of carbonyl (C=O) groups excluding carboxylic acids is 1. The molecule has 3 heteroatoms. The van der Waals surface area contributed by atoms with Crippen LogP contribution in [-0.4, -0.2) is 25.0 Å². The minimum absolute atomic E-state index is 0.173. The van der Waals surface area contributed by atoms with Crippen molar-refractivity contribution in [2.45, 2.75) is 46.1 Å². The first-order chi connectivity index (χ1) is 6.16. The second-order valence-corrected chi connectivity index (χ2v) is 3.56. The van der Waals surface area contributed by atoms with E-state index < -0.39 is 0 Å². The number of nitrogens with one attached hydrogen (secondary N) is 2. The molecule has 0 spiro atoms. The molecule has 0 aromatic carbocycles. The monoisotopic (exact) mass is 186 g/mol. The summed E-state index contributed by atoms with van der Waals surface area (Å²) in [6.45, 7) is 8.02. The van der Waals surface area contributed by atoms with Crippen molar-refractivity contribution in [2.24, 2.45) is 0 Å². The summed E-state index contributed by atoms with van der Waals surface area (Å²) in [6.07, 6.45) is 2.58. The Hall–Kier alpha value is -0.570. The predicted molar refractivity (Wildman–Crippen MR) is 55.7 cm³/mol. The minimum Gasteiger partial charge on any atom is -0.356 e. The van der Waals surface area contributed by atoms with Gasteiger partial charge in [-0.3, -0.25) is 4.79 Å². The molecule has 0 fully saturated rings. The molecule has 0 aromatic rings. The summed E-state index contributed by atoms with van der Waals surface area (Å²) in [6, 6.07) is 0.534. The normalized spacial score (nSPS) is 10.5. The molecule has 0 atom stereocenters. The van der Waals surface area contributed by atoms with Gasteiger partial charge in [0.25, 0.3) is 0 Å². The molecular weight excluding hydrogens is 164 g/mol. The van der Waals surface area contributed by atoms with Gasteiger partial charge in [-0.05, 0) is 19.4 Å². The number of hydrogen-bond donors (Lipinski definition) is 2. The SMILES string of the molecule is CCCC(=O)NCCCNC(C)C. The molecule has 0 aliphatic carbocycles. The van der Waals surface area contributed by atoms with Crippen molar-refractivity contribution < 1.29 is 4.79 Å². The highest BCUT2D eigenvalue weighted by Gasteiger charge is 1.97. The second kappa shape index (κ2) is 8.05. The fraction of sp³-hybridized carbons (Fsp3) is 0.900. The van der Waals surface area contributed by atoms with Crippen LogP contribution in [0.25, 0.3) is 0 Å². The average Bonchev–Trinajstić information content (AvgIpc) is 2.03. The first-order valence-corrected chi connectivity index (χ1v) is 5.17. The Kier molecular flexibility index (Phi) is 7.69. The van der Waals surface area contributed by atoms with Crippen LogP contribution in [0.2, 0.25) is 0 Å². The largest absolute Gasteiger partial charge is 0.356 e. The molecule has 13 heavy (non-hydrogen) atoms. The molecule has 0 rings (SSSR count). The molecule has 0 radical (unpaired) electrons. The molecule has 0 saturated carbocycles. The van der Waals surface area contributed by atoms with Gasteiger partial charge in [0, 0.05) is 19.0 Å². The quantitative estimate of drug-likeness (QED) is 0.588. The minimum atomic E-state index is 0.173. The fourth-order valence-corrected chi connectivity index (χ4v) is 1.02. The van der Waals surface area contributed by atoms with E-state index in [4.69, 9.17) is 0 Å². The van der Waals surface area contributed by atoms with Crippen molar-refractivity contribution in [1.82, 2.24) is 10.6 Å². The lowest BCUT2D eigenvalue weighted by Crippen LogP contribution is -2.29. The van der Waals surface area contributed by atoms with E-state index in [2.05, 4.69) is 24.5 Å². The average molecular weight is 186 g/mol. The van der Waals surface area contributed by atoms with Crippen LogP contribution in [0.15, 0.2) is 0 Å². The van der Waals surface area contributed by atoms with Gasteiger partial charge in [0.1, 0.15) is 0 Å². The maximum atomic E-state index is 11.0. The van der Waals surface area contributed by atoms with Gasteiger partial charge in [-0.1, -0.05) is 20.8 Å². The van der Waals surface area contributed by atoms with Gasteiger partial charge in [-0.25, -0.2) is 0 Å². The molecule has 0 saturated heterocycles. The van der Waals surface area contributed by atoms with Crippen molar-refractivity contribution in [2.75, 3.05) is 13.1 Å². The number of rotatable bonds is 7. The van der Waals surface area contributed by atoms with Crippen LogP contribution < -0.4 is 10.6 Å². The predicted octanol–water partition coefficient (Wildman–Crippen LogP) is 1.29. The first-order valence-electron chi connectivity index (χ1n) is 5.17. The fourth-order valence-electron chi connectivity index (χ4n) is 1.02. The van der Waals surface area contributed by atoms with E-state index in [1.165, 1.54) is 0 Å². The topological polar surface area (TPSA) is 41.1 Å². The Morgan fingerprint density at radius 1 is 1.31 bits per heavy atom. The third kappa shape index (κ3) is 9.34. The van der Waals surface area contributed by atoms with Crippen LogP contribution in [0.1, 0.15) is 40.0 Å². The van der Waals surface area contributed by atoms with Crippen LogP contribution >= 0.6 is 0 Å². The highest BCUT2D eigenvalue weighted by Crippen LogP contribution is 1.86. The molecule has 2 N–H and O–H groups in total. The third-order valence-corrected chi connectivity index (χ3v) is 1.71.